The molecule has 12 nitrogen and oxygen atoms in total. The predicted molar refractivity (Wildman–Crippen MR) is 133 cm³/mol. The van der Waals surface area contributed by atoms with Crippen LogP contribution in [0.25, 0.3) is 0 Å². The molecule has 3 aliphatic rings. The summed E-state index contributed by atoms with van der Waals surface area (Å²) < 4.78 is 4.99. The van der Waals surface area contributed by atoms with Crippen molar-refractivity contribution < 1.29 is 43.7 Å². The Bertz CT molecular complexity index is 1270. The van der Waals surface area contributed by atoms with Gasteiger partial charge in [0.2, 0.25) is 5.91 Å². The summed E-state index contributed by atoms with van der Waals surface area (Å²) in [6, 6.07) is 0.713. The number of nitrogens with two attached hydrogens (primary N) is 1. The number of benzene rings is 1. The van der Waals surface area contributed by atoms with Crippen molar-refractivity contribution in [3.05, 3.63) is 17.2 Å². The summed E-state index contributed by atoms with van der Waals surface area (Å²) in [6.45, 7) is 3.33. The maximum absolute atomic E-state index is 13.8. The highest BCUT2D eigenvalue weighted by Gasteiger charge is 2.66. The fourth-order valence-electron chi connectivity index (χ4n) is 6.08. The molecule has 12 heteroatoms. The van der Waals surface area contributed by atoms with Crippen molar-refractivity contribution in [2.75, 3.05) is 30.9 Å². The van der Waals surface area contributed by atoms with Crippen molar-refractivity contribution in [2.24, 2.45) is 29.4 Å². The van der Waals surface area contributed by atoms with Gasteiger partial charge in [-0.1, -0.05) is 0 Å². The Balaban J connectivity index is 1.80. The lowest BCUT2D eigenvalue weighted by Gasteiger charge is -2.48. The average Bonchev–Trinajstić information content (AvgIpc) is 2.82. The van der Waals surface area contributed by atoms with Gasteiger partial charge in [-0.15, -0.1) is 0 Å². The number of ether oxygens (including phenoxy) is 1. The number of Topliss-reactive ketones (excluding diaryl/α,β-unsaturated/α-hetero) is 4. The van der Waals surface area contributed by atoms with Gasteiger partial charge in [-0.25, -0.2) is 4.79 Å². The first-order valence-corrected chi connectivity index (χ1v) is 12.4. The zero-order valence-electron chi connectivity index (χ0n) is 21.6. The number of hydrogen-bond acceptors (Lipinski definition) is 11. The van der Waals surface area contributed by atoms with Gasteiger partial charge in [-0.05, 0) is 44.2 Å². The van der Waals surface area contributed by atoms with Gasteiger partial charge < -0.3 is 30.9 Å². The summed E-state index contributed by atoms with van der Waals surface area (Å²) >= 11 is 0. The number of primary amides is 1. The van der Waals surface area contributed by atoms with Crippen molar-refractivity contribution >= 4 is 46.4 Å². The number of aliphatic hydroxyl groups is 1. The third-order valence-corrected chi connectivity index (χ3v) is 7.87. The number of anilines is 2. The summed E-state index contributed by atoms with van der Waals surface area (Å²) in [5, 5.41) is 25.3. The Labute approximate surface area is 218 Å². The van der Waals surface area contributed by atoms with E-state index >= 15 is 0 Å². The van der Waals surface area contributed by atoms with E-state index in [1.54, 1.807) is 32.0 Å². The van der Waals surface area contributed by atoms with Crippen LogP contribution in [0.5, 0.6) is 5.75 Å². The third-order valence-electron chi connectivity index (χ3n) is 7.87. The second-order valence-electron chi connectivity index (χ2n) is 10.4. The van der Waals surface area contributed by atoms with Crippen LogP contribution in [0.1, 0.15) is 42.6 Å². The van der Waals surface area contributed by atoms with Gasteiger partial charge in [0, 0.05) is 32.1 Å². The van der Waals surface area contributed by atoms with Crippen molar-refractivity contribution in [2.45, 2.75) is 44.8 Å². The Kier molecular flexibility index (Phi) is 6.81. The van der Waals surface area contributed by atoms with E-state index in [1.165, 1.54) is 6.92 Å². The number of nitrogens with zero attached hydrogens (tertiary/aromatic N) is 1. The highest BCUT2D eigenvalue weighted by Crippen LogP contribution is 2.52. The van der Waals surface area contributed by atoms with Gasteiger partial charge in [0.1, 0.15) is 11.8 Å². The topological polar surface area (TPSA) is 193 Å². The number of phenolic OH excluding ortho intramolecular Hbond substituents is 1. The fraction of sp³-hybridized carbons (Fsp3) is 0.538. The zero-order chi connectivity index (χ0) is 28.3. The molecule has 0 bridgehead atoms. The van der Waals surface area contributed by atoms with Gasteiger partial charge in [0.05, 0.1) is 23.8 Å². The van der Waals surface area contributed by atoms with Crippen LogP contribution in [0.3, 0.4) is 0 Å². The number of fused-ring (bicyclic) bond motifs is 3. The molecule has 0 aliphatic heterocycles. The fourth-order valence-corrected chi connectivity index (χ4v) is 6.08. The number of nitrogens with one attached hydrogen (secondary N) is 1. The molecule has 3 aliphatic carbocycles. The molecule has 6 atom stereocenters. The number of amides is 1. The lowest BCUT2D eigenvalue weighted by Crippen LogP contribution is -2.68. The average molecular weight is 530 g/mol. The van der Waals surface area contributed by atoms with E-state index in [0.717, 1.165) is 0 Å². The predicted octanol–water partition coefficient (Wildman–Crippen LogP) is -0.244. The van der Waals surface area contributed by atoms with Crippen LogP contribution in [0.2, 0.25) is 0 Å². The lowest BCUT2D eigenvalue weighted by atomic mass is 9.53. The molecule has 1 aromatic rings. The van der Waals surface area contributed by atoms with Gasteiger partial charge >= 0.3 is 5.97 Å². The second-order valence-corrected chi connectivity index (χ2v) is 10.4. The highest BCUT2D eigenvalue weighted by molar-refractivity contribution is 6.31. The van der Waals surface area contributed by atoms with Crippen LogP contribution in [-0.2, 0) is 35.1 Å². The second kappa shape index (κ2) is 9.50. The summed E-state index contributed by atoms with van der Waals surface area (Å²) in [6.07, 6.45) is -0.235. The van der Waals surface area contributed by atoms with Gasteiger partial charge in [-0.3, -0.25) is 24.0 Å². The van der Waals surface area contributed by atoms with Crippen LogP contribution in [-0.4, -0.2) is 77.6 Å². The maximum atomic E-state index is 13.8. The molecule has 5 N–H and O–H groups in total. The first-order chi connectivity index (χ1) is 17.7. The summed E-state index contributed by atoms with van der Waals surface area (Å²) in [4.78, 5) is 78.7. The molecule has 0 aromatic heterocycles. The number of ketones is 4. The molecule has 4 rings (SSSR count). The monoisotopic (exact) mass is 529 g/mol. The molecule has 0 heterocycles. The first-order valence-electron chi connectivity index (χ1n) is 12.4. The molecule has 2 fully saturated rings. The molecule has 0 spiro atoms. The number of esters is 1. The molecule has 2 saturated carbocycles. The number of carbonyl (C=O) groups is 6. The number of rotatable bonds is 6. The van der Waals surface area contributed by atoms with E-state index in [-0.39, 0.29) is 30.7 Å². The largest absolute Gasteiger partial charge is 0.505 e. The van der Waals surface area contributed by atoms with E-state index in [2.05, 4.69) is 5.32 Å². The Hall–Kier alpha value is -3.80. The van der Waals surface area contributed by atoms with Crippen molar-refractivity contribution in [3.63, 3.8) is 0 Å². The van der Waals surface area contributed by atoms with Gasteiger partial charge in [0.25, 0.3) is 0 Å². The standard InChI is InChI=1S/C26H31N3O9/c1-5-38-25(36)10(2)28-14-9-15(29(3)4)13-7-11-6-12-8-16(30)19(24(27)35)23(34)26(12,37)22(33)17(11)21(32)18(13)20(14)31/h9-12,17,19,28,31,37H,5-8H2,1-4H3,(H2,27,35)/t10?,11-,12+,17?,19?,26+/m1/s1. The molecule has 204 valence electrons. The van der Waals surface area contributed by atoms with E-state index < -0.39 is 82.5 Å². The third kappa shape index (κ3) is 3.94. The van der Waals surface area contributed by atoms with Crippen LogP contribution in [0.4, 0.5) is 11.4 Å². The molecular weight excluding hydrogens is 498 g/mol. The van der Waals surface area contributed by atoms with Crippen LogP contribution < -0.4 is 16.0 Å². The van der Waals surface area contributed by atoms with Crippen LogP contribution in [0, 0.1) is 23.7 Å². The molecule has 0 saturated heterocycles. The summed E-state index contributed by atoms with van der Waals surface area (Å²) in [7, 11) is 3.46. The molecule has 1 amide bonds. The number of hydrogen-bond donors (Lipinski definition) is 4. The molecular formula is C26H31N3O9. The van der Waals surface area contributed by atoms with E-state index in [0.29, 0.717) is 11.3 Å². The Morgan fingerprint density at radius 2 is 1.87 bits per heavy atom. The van der Waals surface area contributed by atoms with E-state index in [1.807, 2.05) is 0 Å². The van der Waals surface area contributed by atoms with Crippen LogP contribution >= 0.6 is 0 Å². The van der Waals surface area contributed by atoms with Gasteiger partial charge in [0.15, 0.2) is 34.7 Å². The highest BCUT2D eigenvalue weighted by atomic mass is 16.5. The summed E-state index contributed by atoms with van der Waals surface area (Å²) in [5.74, 6) is -11.4. The zero-order valence-corrected chi connectivity index (χ0v) is 21.6. The first kappa shape index (κ1) is 27.2. The normalized spacial score (nSPS) is 29.1. The number of aromatic hydroxyl groups is 1. The minimum absolute atomic E-state index is 0.00850. The van der Waals surface area contributed by atoms with Crippen molar-refractivity contribution in [1.82, 2.24) is 0 Å². The molecule has 0 radical (unpaired) electrons. The van der Waals surface area contributed by atoms with E-state index in [4.69, 9.17) is 10.5 Å². The smallest absolute Gasteiger partial charge is 0.328 e. The van der Waals surface area contributed by atoms with Crippen molar-refractivity contribution in [1.29, 1.82) is 0 Å². The Morgan fingerprint density at radius 1 is 1.21 bits per heavy atom. The minimum Gasteiger partial charge on any atom is -0.505 e. The Morgan fingerprint density at radius 3 is 2.45 bits per heavy atom. The van der Waals surface area contributed by atoms with Gasteiger partial charge in [-0.2, -0.15) is 0 Å². The van der Waals surface area contributed by atoms with Crippen molar-refractivity contribution in [3.8, 4) is 5.75 Å². The lowest BCUT2D eigenvalue weighted by molar-refractivity contribution is -0.175. The van der Waals surface area contributed by atoms with E-state index in [9.17, 15) is 39.0 Å². The minimum atomic E-state index is -2.71. The maximum Gasteiger partial charge on any atom is 0.328 e. The molecule has 38 heavy (non-hydrogen) atoms. The molecule has 1 aromatic carbocycles. The quantitative estimate of drug-likeness (QED) is 0.216. The number of carbonyl (C=O) groups excluding carboxylic acids is 6. The number of phenols is 1. The summed E-state index contributed by atoms with van der Waals surface area (Å²) in [5.41, 5.74) is 3.43. The molecule has 3 unspecified atom stereocenters. The van der Waals surface area contributed by atoms with Crippen LogP contribution in [0.15, 0.2) is 6.07 Å². The SMILES string of the molecule is CCOC(=O)C(C)Nc1cc(N(C)C)c2c(c1O)C(=O)C1C(=O)[C@]3(O)C(=O)C(C(N)=O)C(=O)C[C@@H]3C[C@@H]1C2.